The third-order valence-corrected chi connectivity index (χ3v) is 5.39. The number of ether oxygens (including phenoxy) is 1. The first-order valence-corrected chi connectivity index (χ1v) is 9.01. The Morgan fingerprint density at radius 1 is 1.26 bits per heavy atom. The number of rotatable bonds is 4. The fraction of sp³-hybridized carbons (Fsp3) is 0.250. The summed E-state index contributed by atoms with van der Waals surface area (Å²) in [6.07, 6.45) is 0.813. The molecular formula is C16H17ClN2O3S. The number of sulfonamides is 1. The first kappa shape index (κ1) is 16.0. The van der Waals surface area contributed by atoms with Gasteiger partial charge in [-0.15, -0.1) is 0 Å². The summed E-state index contributed by atoms with van der Waals surface area (Å²) < 4.78 is 32.7. The summed E-state index contributed by atoms with van der Waals surface area (Å²) in [5.41, 5.74) is 2.39. The molecule has 0 radical (unpaired) electrons. The normalized spacial score (nSPS) is 16.6. The molecule has 0 saturated carbocycles. The van der Waals surface area contributed by atoms with Crippen molar-refractivity contribution < 1.29 is 13.2 Å². The van der Waals surface area contributed by atoms with Gasteiger partial charge in [-0.25, -0.2) is 8.42 Å². The second-order valence-corrected chi connectivity index (χ2v) is 7.61. The zero-order chi connectivity index (χ0) is 16.6. The molecule has 0 amide bonds. The van der Waals surface area contributed by atoms with E-state index >= 15 is 0 Å². The van der Waals surface area contributed by atoms with E-state index in [4.69, 9.17) is 16.3 Å². The highest BCUT2D eigenvalue weighted by Crippen LogP contribution is 2.31. The predicted molar refractivity (Wildman–Crippen MR) is 92.0 cm³/mol. The Bertz CT molecular complexity index is 852. The van der Waals surface area contributed by atoms with Crippen molar-refractivity contribution in [1.82, 2.24) is 0 Å². The van der Waals surface area contributed by atoms with E-state index in [0.717, 1.165) is 17.7 Å². The highest BCUT2D eigenvalue weighted by molar-refractivity contribution is 7.92. The topological polar surface area (TPSA) is 67.4 Å². The first-order chi connectivity index (χ1) is 10.9. The van der Waals surface area contributed by atoms with Crippen LogP contribution in [0.1, 0.15) is 12.5 Å². The van der Waals surface area contributed by atoms with E-state index in [1.807, 2.05) is 0 Å². The van der Waals surface area contributed by atoms with Crippen LogP contribution in [0.15, 0.2) is 41.3 Å². The van der Waals surface area contributed by atoms with Crippen LogP contribution in [0.4, 0.5) is 11.4 Å². The van der Waals surface area contributed by atoms with Crippen LogP contribution in [-0.4, -0.2) is 21.6 Å². The van der Waals surface area contributed by atoms with Gasteiger partial charge in [0.2, 0.25) is 0 Å². The maximum absolute atomic E-state index is 12.5. The van der Waals surface area contributed by atoms with Crippen molar-refractivity contribution in [2.75, 3.05) is 17.1 Å². The van der Waals surface area contributed by atoms with Crippen LogP contribution in [0.5, 0.6) is 5.75 Å². The number of nitrogens with one attached hydrogen (secondary N) is 2. The van der Waals surface area contributed by atoms with Crippen LogP contribution < -0.4 is 14.8 Å². The van der Waals surface area contributed by atoms with Gasteiger partial charge in [0.1, 0.15) is 5.75 Å². The maximum Gasteiger partial charge on any atom is 0.261 e. The smallest absolute Gasteiger partial charge is 0.261 e. The Morgan fingerprint density at radius 3 is 2.74 bits per heavy atom. The highest BCUT2D eigenvalue weighted by atomic mass is 35.5. The van der Waals surface area contributed by atoms with Crippen molar-refractivity contribution in [3.8, 4) is 5.75 Å². The van der Waals surface area contributed by atoms with E-state index < -0.39 is 10.0 Å². The molecule has 0 fully saturated rings. The highest BCUT2D eigenvalue weighted by Gasteiger charge is 2.21. The van der Waals surface area contributed by atoms with Gasteiger partial charge >= 0.3 is 0 Å². The number of benzene rings is 2. The van der Waals surface area contributed by atoms with Gasteiger partial charge in [0.05, 0.1) is 22.7 Å². The molecule has 1 aliphatic heterocycles. The van der Waals surface area contributed by atoms with Crippen molar-refractivity contribution in [3.05, 3.63) is 47.0 Å². The average molecular weight is 353 g/mol. The Labute approximate surface area is 140 Å². The zero-order valence-corrected chi connectivity index (χ0v) is 14.3. The molecular weight excluding hydrogens is 336 g/mol. The zero-order valence-electron chi connectivity index (χ0n) is 12.8. The van der Waals surface area contributed by atoms with E-state index in [0.29, 0.717) is 22.5 Å². The van der Waals surface area contributed by atoms with Gasteiger partial charge < -0.3 is 10.1 Å². The van der Waals surface area contributed by atoms with Gasteiger partial charge in [0.15, 0.2) is 0 Å². The van der Waals surface area contributed by atoms with Crippen LogP contribution >= 0.6 is 11.6 Å². The quantitative estimate of drug-likeness (QED) is 0.883. The summed E-state index contributed by atoms with van der Waals surface area (Å²) >= 11 is 6.03. The summed E-state index contributed by atoms with van der Waals surface area (Å²) in [5, 5.41) is 3.65. The number of anilines is 2. The third kappa shape index (κ3) is 3.23. The molecule has 1 aliphatic rings. The van der Waals surface area contributed by atoms with Gasteiger partial charge in [0.25, 0.3) is 10.0 Å². The number of fused-ring (bicyclic) bond motifs is 1. The largest absolute Gasteiger partial charge is 0.495 e. The number of halogens is 1. The molecule has 2 aromatic carbocycles. The summed E-state index contributed by atoms with van der Waals surface area (Å²) in [7, 11) is -2.16. The molecule has 5 nitrogen and oxygen atoms in total. The summed E-state index contributed by atoms with van der Waals surface area (Å²) in [6.45, 7) is 2.06. The molecule has 2 aromatic rings. The number of hydrogen-bond donors (Lipinski definition) is 2. The second kappa shape index (κ2) is 5.94. The van der Waals surface area contributed by atoms with Gasteiger partial charge in [-0.05, 0) is 55.3 Å². The van der Waals surface area contributed by atoms with Crippen LogP contribution in [0.3, 0.4) is 0 Å². The van der Waals surface area contributed by atoms with Gasteiger partial charge in [-0.1, -0.05) is 11.6 Å². The molecule has 0 bridgehead atoms. The standard InChI is InChI=1S/C16H17ClN2O3S/c1-10-7-11-8-13(4-5-15(11)18-10)23(20,21)19-12-3-6-16(22-2)14(17)9-12/h3-6,8-10,18-19H,7H2,1-2H3/t10-/m0/s1. The maximum atomic E-state index is 12.5. The lowest BCUT2D eigenvalue weighted by Crippen LogP contribution is -2.13. The molecule has 2 N–H and O–H groups in total. The Kier molecular flexibility index (Phi) is 4.12. The molecule has 0 saturated heterocycles. The summed E-state index contributed by atoms with van der Waals surface area (Å²) in [5.74, 6) is 0.493. The van der Waals surface area contributed by atoms with Gasteiger partial charge in [-0.2, -0.15) is 0 Å². The fourth-order valence-electron chi connectivity index (χ4n) is 2.64. The molecule has 0 aromatic heterocycles. The molecule has 1 heterocycles. The molecule has 3 rings (SSSR count). The minimum atomic E-state index is -3.67. The lowest BCUT2D eigenvalue weighted by atomic mass is 10.1. The minimum Gasteiger partial charge on any atom is -0.495 e. The molecule has 23 heavy (non-hydrogen) atoms. The van der Waals surface area contributed by atoms with Gasteiger partial charge in [0, 0.05) is 11.7 Å². The van der Waals surface area contributed by atoms with Crippen molar-refractivity contribution in [3.63, 3.8) is 0 Å². The summed E-state index contributed by atoms with van der Waals surface area (Å²) in [4.78, 5) is 0.235. The van der Waals surface area contributed by atoms with Crippen molar-refractivity contribution in [2.45, 2.75) is 24.3 Å². The molecule has 1 atom stereocenters. The van der Waals surface area contributed by atoms with Crippen LogP contribution in [0.25, 0.3) is 0 Å². The van der Waals surface area contributed by atoms with E-state index in [9.17, 15) is 8.42 Å². The van der Waals surface area contributed by atoms with E-state index in [1.54, 1.807) is 30.3 Å². The van der Waals surface area contributed by atoms with Crippen molar-refractivity contribution >= 4 is 33.0 Å². The Balaban J connectivity index is 1.88. The Morgan fingerprint density at radius 2 is 2.04 bits per heavy atom. The Hall–Kier alpha value is -1.92. The number of hydrogen-bond acceptors (Lipinski definition) is 4. The van der Waals surface area contributed by atoms with E-state index in [-0.39, 0.29) is 4.90 Å². The van der Waals surface area contributed by atoms with E-state index in [2.05, 4.69) is 17.0 Å². The molecule has 0 aliphatic carbocycles. The van der Waals surface area contributed by atoms with Crippen LogP contribution in [-0.2, 0) is 16.4 Å². The monoisotopic (exact) mass is 352 g/mol. The fourth-order valence-corrected chi connectivity index (χ4v) is 3.99. The lowest BCUT2D eigenvalue weighted by molar-refractivity contribution is 0.415. The molecule has 7 heteroatoms. The minimum absolute atomic E-state index is 0.235. The van der Waals surface area contributed by atoms with Crippen LogP contribution in [0, 0.1) is 0 Å². The lowest BCUT2D eigenvalue weighted by Gasteiger charge is -2.11. The van der Waals surface area contributed by atoms with Gasteiger partial charge in [-0.3, -0.25) is 4.72 Å². The third-order valence-electron chi connectivity index (χ3n) is 3.72. The first-order valence-electron chi connectivity index (χ1n) is 7.15. The SMILES string of the molecule is COc1ccc(NS(=O)(=O)c2ccc3c(c2)C[C@H](C)N3)cc1Cl. The molecule has 0 unspecified atom stereocenters. The van der Waals surface area contributed by atoms with E-state index in [1.165, 1.54) is 13.2 Å². The van der Waals surface area contributed by atoms with Crippen molar-refractivity contribution in [2.24, 2.45) is 0 Å². The average Bonchev–Trinajstić information content (AvgIpc) is 2.86. The van der Waals surface area contributed by atoms with Crippen molar-refractivity contribution in [1.29, 1.82) is 0 Å². The summed E-state index contributed by atoms with van der Waals surface area (Å²) in [6, 6.07) is 10.2. The van der Waals surface area contributed by atoms with Crippen LogP contribution in [0.2, 0.25) is 5.02 Å². The second-order valence-electron chi connectivity index (χ2n) is 5.52. The predicted octanol–water partition coefficient (Wildman–Crippen LogP) is 3.51. The number of methoxy groups -OCH3 is 1. The molecule has 122 valence electrons. The molecule has 0 spiro atoms.